The molecule has 0 spiro atoms. The Labute approximate surface area is 97.4 Å². The first-order chi connectivity index (χ1) is 7.75. The molecule has 0 aliphatic carbocycles. The summed E-state index contributed by atoms with van der Waals surface area (Å²) in [6.45, 7) is 2.73. The SMILES string of the molecule is CC(NC(=O)Nc1nncs1)C1CCCO1. The zero-order valence-corrected chi connectivity index (χ0v) is 9.79. The van der Waals surface area contributed by atoms with E-state index < -0.39 is 0 Å². The maximum absolute atomic E-state index is 11.5. The minimum Gasteiger partial charge on any atom is -0.376 e. The van der Waals surface area contributed by atoms with E-state index in [4.69, 9.17) is 4.74 Å². The lowest BCUT2D eigenvalue weighted by Crippen LogP contribution is -2.42. The van der Waals surface area contributed by atoms with Crippen LogP contribution in [0.3, 0.4) is 0 Å². The number of amides is 2. The molecular formula is C9H14N4O2S. The smallest absolute Gasteiger partial charge is 0.321 e. The van der Waals surface area contributed by atoms with Crippen molar-refractivity contribution < 1.29 is 9.53 Å². The first kappa shape index (κ1) is 11.3. The molecule has 0 saturated carbocycles. The molecule has 0 radical (unpaired) electrons. The molecule has 7 heteroatoms. The summed E-state index contributed by atoms with van der Waals surface area (Å²) < 4.78 is 5.48. The Morgan fingerprint density at radius 1 is 1.75 bits per heavy atom. The second kappa shape index (κ2) is 5.22. The van der Waals surface area contributed by atoms with E-state index >= 15 is 0 Å². The number of hydrogen-bond donors (Lipinski definition) is 2. The van der Waals surface area contributed by atoms with Gasteiger partial charge in [0, 0.05) is 6.61 Å². The molecule has 2 unspecified atom stereocenters. The van der Waals surface area contributed by atoms with Crippen LogP contribution in [-0.4, -0.2) is 35.0 Å². The lowest BCUT2D eigenvalue weighted by atomic mass is 10.1. The van der Waals surface area contributed by atoms with Crippen LogP contribution >= 0.6 is 11.3 Å². The minimum atomic E-state index is -0.264. The normalized spacial score (nSPS) is 21.7. The van der Waals surface area contributed by atoms with Gasteiger partial charge in [-0.05, 0) is 19.8 Å². The molecule has 1 aliphatic heterocycles. The highest BCUT2D eigenvalue weighted by atomic mass is 32.1. The summed E-state index contributed by atoms with van der Waals surface area (Å²) in [5.74, 6) is 0. The van der Waals surface area contributed by atoms with Crippen molar-refractivity contribution in [3.05, 3.63) is 5.51 Å². The molecule has 2 heterocycles. The summed E-state index contributed by atoms with van der Waals surface area (Å²) in [5, 5.41) is 13.3. The van der Waals surface area contributed by atoms with Gasteiger partial charge in [-0.2, -0.15) is 0 Å². The van der Waals surface area contributed by atoms with E-state index in [1.165, 1.54) is 11.3 Å². The third-order valence-corrected chi connectivity index (χ3v) is 3.07. The zero-order chi connectivity index (χ0) is 11.4. The third-order valence-electron chi connectivity index (χ3n) is 2.46. The average molecular weight is 242 g/mol. The number of aromatic nitrogens is 2. The minimum absolute atomic E-state index is 0.00965. The summed E-state index contributed by atoms with van der Waals surface area (Å²) in [6.07, 6.45) is 2.19. The van der Waals surface area contributed by atoms with E-state index in [0.717, 1.165) is 19.4 Å². The second-order valence-electron chi connectivity index (χ2n) is 3.68. The van der Waals surface area contributed by atoms with Crippen LogP contribution in [0.15, 0.2) is 5.51 Å². The van der Waals surface area contributed by atoms with Gasteiger partial charge in [0.1, 0.15) is 5.51 Å². The predicted octanol–water partition coefficient (Wildman–Crippen LogP) is 1.23. The highest BCUT2D eigenvalue weighted by Gasteiger charge is 2.23. The number of carbonyl (C=O) groups excluding carboxylic acids is 1. The van der Waals surface area contributed by atoms with E-state index in [1.807, 2.05) is 6.92 Å². The number of nitrogens with one attached hydrogen (secondary N) is 2. The number of carbonyl (C=O) groups is 1. The average Bonchev–Trinajstić information content (AvgIpc) is 2.88. The summed E-state index contributed by atoms with van der Waals surface area (Å²) in [4.78, 5) is 11.5. The molecule has 88 valence electrons. The monoisotopic (exact) mass is 242 g/mol. The van der Waals surface area contributed by atoms with Gasteiger partial charge >= 0.3 is 6.03 Å². The van der Waals surface area contributed by atoms with Crippen LogP contribution < -0.4 is 10.6 Å². The third kappa shape index (κ3) is 2.89. The number of urea groups is 1. The largest absolute Gasteiger partial charge is 0.376 e. The summed E-state index contributed by atoms with van der Waals surface area (Å²) in [6, 6.07) is -0.254. The van der Waals surface area contributed by atoms with Crippen molar-refractivity contribution >= 4 is 22.5 Å². The van der Waals surface area contributed by atoms with Gasteiger partial charge in [0.15, 0.2) is 0 Å². The van der Waals surface area contributed by atoms with E-state index in [0.29, 0.717) is 5.13 Å². The Bertz CT molecular complexity index is 337. The van der Waals surface area contributed by atoms with Crippen molar-refractivity contribution in [3.8, 4) is 0 Å². The Balaban J connectivity index is 1.78. The van der Waals surface area contributed by atoms with Crippen molar-refractivity contribution in [2.75, 3.05) is 11.9 Å². The molecule has 2 rings (SSSR count). The van der Waals surface area contributed by atoms with Crippen LogP contribution in [0.1, 0.15) is 19.8 Å². The van der Waals surface area contributed by atoms with Crippen LogP contribution in [0.5, 0.6) is 0 Å². The van der Waals surface area contributed by atoms with Gasteiger partial charge in [0.2, 0.25) is 5.13 Å². The Hall–Kier alpha value is -1.21. The van der Waals surface area contributed by atoms with E-state index in [2.05, 4.69) is 20.8 Å². The van der Waals surface area contributed by atoms with Crippen LogP contribution in [-0.2, 0) is 4.74 Å². The van der Waals surface area contributed by atoms with Crippen molar-refractivity contribution in [2.24, 2.45) is 0 Å². The van der Waals surface area contributed by atoms with Gasteiger partial charge in [-0.1, -0.05) is 11.3 Å². The Morgan fingerprint density at radius 2 is 2.62 bits per heavy atom. The van der Waals surface area contributed by atoms with Gasteiger partial charge in [0.05, 0.1) is 12.1 Å². The van der Waals surface area contributed by atoms with Crippen molar-refractivity contribution in [1.29, 1.82) is 0 Å². The molecule has 1 aromatic rings. The first-order valence-corrected chi connectivity index (χ1v) is 6.09. The second-order valence-corrected chi connectivity index (χ2v) is 4.52. The van der Waals surface area contributed by atoms with Gasteiger partial charge in [-0.25, -0.2) is 4.79 Å². The number of nitrogens with zero attached hydrogens (tertiary/aromatic N) is 2. The topological polar surface area (TPSA) is 76.1 Å². The quantitative estimate of drug-likeness (QED) is 0.835. The molecular weight excluding hydrogens is 228 g/mol. The lowest BCUT2D eigenvalue weighted by molar-refractivity contribution is 0.0868. The summed E-state index contributed by atoms with van der Waals surface area (Å²) >= 11 is 1.29. The molecule has 1 fully saturated rings. The number of ether oxygens (including phenoxy) is 1. The maximum atomic E-state index is 11.5. The fourth-order valence-electron chi connectivity index (χ4n) is 1.66. The fourth-order valence-corrected chi connectivity index (χ4v) is 2.10. The van der Waals surface area contributed by atoms with Crippen molar-refractivity contribution in [3.63, 3.8) is 0 Å². The van der Waals surface area contributed by atoms with E-state index in [-0.39, 0.29) is 18.2 Å². The summed E-state index contributed by atoms with van der Waals surface area (Å²) in [5.41, 5.74) is 1.57. The molecule has 0 aromatic carbocycles. The molecule has 1 aliphatic rings. The highest BCUT2D eigenvalue weighted by molar-refractivity contribution is 7.13. The van der Waals surface area contributed by atoms with E-state index in [1.54, 1.807) is 5.51 Å². The Morgan fingerprint density at radius 3 is 3.25 bits per heavy atom. The molecule has 2 atom stereocenters. The predicted molar refractivity (Wildman–Crippen MR) is 60.5 cm³/mol. The van der Waals surface area contributed by atoms with Crippen molar-refractivity contribution in [2.45, 2.75) is 31.9 Å². The van der Waals surface area contributed by atoms with Gasteiger partial charge < -0.3 is 10.1 Å². The van der Waals surface area contributed by atoms with Gasteiger partial charge in [-0.15, -0.1) is 10.2 Å². The Kier molecular flexibility index (Phi) is 3.68. The van der Waals surface area contributed by atoms with Crippen LogP contribution in [0, 0.1) is 0 Å². The van der Waals surface area contributed by atoms with Crippen LogP contribution in [0.4, 0.5) is 9.93 Å². The van der Waals surface area contributed by atoms with E-state index in [9.17, 15) is 4.79 Å². The van der Waals surface area contributed by atoms with Crippen LogP contribution in [0.2, 0.25) is 0 Å². The molecule has 1 saturated heterocycles. The maximum Gasteiger partial charge on any atom is 0.321 e. The number of rotatable bonds is 3. The zero-order valence-electron chi connectivity index (χ0n) is 8.97. The molecule has 16 heavy (non-hydrogen) atoms. The lowest BCUT2D eigenvalue weighted by Gasteiger charge is -2.19. The molecule has 2 amide bonds. The summed E-state index contributed by atoms with van der Waals surface area (Å²) in [7, 11) is 0. The number of hydrogen-bond acceptors (Lipinski definition) is 5. The van der Waals surface area contributed by atoms with Gasteiger partial charge in [-0.3, -0.25) is 5.32 Å². The molecule has 0 bridgehead atoms. The highest BCUT2D eigenvalue weighted by Crippen LogP contribution is 2.15. The fraction of sp³-hybridized carbons (Fsp3) is 0.667. The molecule has 1 aromatic heterocycles. The molecule has 2 N–H and O–H groups in total. The van der Waals surface area contributed by atoms with Crippen molar-refractivity contribution in [1.82, 2.24) is 15.5 Å². The standard InChI is InChI=1S/C9H14N4O2S/c1-6(7-3-2-4-15-7)11-8(14)12-9-13-10-5-16-9/h5-7H,2-4H2,1H3,(H2,11,12,13,14). The van der Waals surface area contributed by atoms with Crippen LogP contribution in [0.25, 0.3) is 0 Å². The first-order valence-electron chi connectivity index (χ1n) is 5.21. The van der Waals surface area contributed by atoms with Gasteiger partial charge in [0.25, 0.3) is 0 Å². The molecule has 6 nitrogen and oxygen atoms in total. The number of anilines is 1.